The van der Waals surface area contributed by atoms with Crippen LogP contribution in [0.25, 0.3) is 5.69 Å². The number of rotatable bonds is 9. The van der Waals surface area contributed by atoms with E-state index in [-0.39, 0.29) is 34.6 Å². The van der Waals surface area contributed by atoms with Crippen molar-refractivity contribution >= 4 is 21.6 Å². The van der Waals surface area contributed by atoms with Crippen molar-refractivity contribution in [1.82, 2.24) is 19.8 Å². The van der Waals surface area contributed by atoms with Gasteiger partial charge in [0.2, 0.25) is 15.9 Å². The monoisotopic (exact) mass is 547 g/mol. The molecule has 13 heteroatoms. The van der Waals surface area contributed by atoms with Crippen LogP contribution in [0.3, 0.4) is 0 Å². The number of nitro benzene ring substituents is 1. The molecule has 1 atom stereocenters. The van der Waals surface area contributed by atoms with Crippen LogP contribution in [-0.2, 0) is 10.0 Å². The number of aromatic nitrogens is 2. The lowest BCUT2D eigenvalue weighted by Crippen LogP contribution is -2.40. The van der Waals surface area contributed by atoms with Gasteiger partial charge >= 0.3 is 0 Å². The van der Waals surface area contributed by atoms with Crippen LogP contribution in [-0.4, -0.2) is 40.6 Å². The Morgan fingerprint density at radius 1 is 1.24 bits per heavy atom. The second-order valence-corrected chi connectivity index (χ2v) is 11.4. The number of nitrogens with one attached hydrogen (secondary N) is 2. The van der Waals surface area contributed by atoms with Crippen molar-refractivity contribution in [3.63, 3.8) is 0 Å². The van der Waals surface area contributed by atoms with Crippen molar-refractivity contribution in [1.29, 1.82) is 0 Å². The van der Waals surface area contributed by atoms with Gasteiger partial charge in [-0.2, -0.15) is 9.78 Å². The molecule has 2 aromatic carbocycles. The molecule has 3 rings (SSSR count). The number of nitro groups is 1. The van der Waals surface area contributed by atoms with Gasteiger partial charge in [-0.05, 0) is 65.3 Å². The van der Waals surface area contributed by atoms with Crippen LogP contribution < -0.4 is 14.8 Å². The number of hydrogen-bond acceptors (Lipinski definition) is 7. The molecule has 1 heterocycles. The average molecular weight is 548 g/mol. The first kappa shape index (κ1) is 28.7. The third-order valence-corrected chi connectivity index (χ3v) is 7.18. The van der Waals surface area contributed by atoms with Crippen LogP contribution in [0.4, 0.5) is 10.1 Å². The number of hydrogen-bond donors (Lipinski definition) is 2. The molecule has 0 spiro atoms. The molecule has 1 aromatic heterocycles. The van der Waals surface area contributed by atoms with Crippen molar-refractivity contribution < 1.29 is 27.3 Å². The van der Waals surface area contributed by atoms with E-state index in [2.05, 4.69) is 15.1 Å². The van der Waals surface area contributed by atoms with Gasteiger partial charge in [-0.25, -0.2) is 17.5 Å². The zero-order valence-electron chi connectivity index (χ0n) is 21.9. The number of ether oxygens (including phenoxy) is 1. The molecule has 11 nitrogen and oxygen atoms in total. The molecule has 0 aliphatic carbocycles. The van der Waals surface area contributed by atoms with E-state index in [1.807, 2.05) is 13.8 Å². The second kappa shape index (κ2) is 10.9. The van der Waals surface area contributed by atoms with Crippen LogP contribution in [0.2, 0.25) is 0 Å². The molecule has 0 unspecified atom stereocenters. The lowest BCUT2D eigenvalue weighted by Gasteiger charge is -2.21. The quantitative estimate of drug-likeness (QED) is 0.293. The van der Waals surface area contributed by atoms with Crippen LogP contribution in [0.15, 0.2) is 47.4 Å². The number of carbonyl (C=O) groups excluding carboxylic acids is 1. The van der Waals surface area contributed by atoms with E-state index in [1.54, 1.807) is 27.7 Å². The van der Waals surface area contributed by atoms with E-state index in [9.17, 15) is 27.7 Å². The minimum Gasteiger partial charge on any atom is -0.437 e. The van der Waals surface area contributed by atoms with Crippen molar-refractivity contribution in [2.75, 3.05) is 0 Å². The smallest absolute Gasteiger partial charge is 0.272 e. The maximum absolute atomic E-state index is 14.1. The molecule has 0 radical (unpaired) electrons. The lowest BCUT2D eigenvalue weighted by atomic mass is 10.1. The summed E-state index contributed by atoms with van der Waals surface area (Å²) in [6, 6.07) is 8.36. The highest BCUT2D eigenvalue weighted by atomic mass is 32.2. The molecule has 0 saturated heterocycles. The summed E-state index contributed by atoms with van der Waals surface area (Å²) in [5, 5.41) is 18.6. The summed E-state index contributed by atoms with van der Waals surface area (Å²) in [5.74, 6) is -1.38. The van der Waals surface area contributed by atoms with E-state index in [0.29, 0.717) is 6.42 Å². The Morgan fingerprint density at radius 2 is 1.92 bits per heavy atom. The van der Waals surface area contributed by atoms with Crippen molar-refractivity contribution in [3.8, 4) is 17.3 Å². The lowest BCUT2D eigenvalue weighted by molar-refractivity contribution is -0.385. The first-order valence-electron chi connectivity index (χ1n) is 11.8. The Hall–Kier alpha value is -3.84. The van der Waals surface area contributed by atoms with Gasteiger partial charge in [0, 0.05) is 29.3 Å². The van der Waals surface area contributed by atoms with E-state index in [0.717, 1.165) is 18.2 Å². The van der Waals surface area contributed by atoms with Gasteiger partial charge in [-0.15, -0.1) is 0 Å². The molecule has 0 aliphatic rings. The van der Waals surface area contributed by atoms with E-state index >= 15 is 0 Å². The van der Waals surface area contributed by atoms with Gasteiger partial charge in [0.1, 0.15) is 16.5 Å². The SMILES string of the molecule is CC[C@@H](C)NC(=O)c1nn(-c2cccc(F)c2)c(Oc2ccc([N+](=O)[O-])cc2S(=O)(=O)NC(C)(C)C)c1C. The highest BCUT2D eigenvalue weighted by molar-refractivity contribution is 7.89. The first-order valence-corrected chi connectivity index (χ1v) is 13.3. The number of non-ortho nitro benzene ring substituents is 1. The Balaban J connectivity index is 2.22. The van der Waals surface area contributed by atoms with E-state index < -0.39 is 42.8 Å². The third-order valence-electron chi connectivity index (χ3n) is 5.40. The Labute approximate surface area is 220 Å². The molecular formula is C25H30FN5O6S. The number of amides is 1. The minimum absolute atomic E-state index is 0.0105. The maximum atomic E-state index is 14.1. The number of nitrogens with zero attached hydrogens (tertiary/aromatic N) is 3. The summed E-state index contributed by atoms with van der Waals surface area (Å²) in [7, 11) is -4.30. The Morgan fingerprint density at radius 3 is 2.50 bits per heavy atom. The molecular weight excluding hydrogens is 517 g/mol. The zero-order chi connectivity index (χ0) is 28.4. The van der Waals surface area contributed by atoms with Crippen LogP contribution in [0.5, 0.6) is 11.6 Å². The fraction of sp³-hybridized carbons (Fsp3) is 0.360. The predicted octanol–water partition coefficient (Wildman–Crippen LogP) is 4.63. The summed E-state index contributed by atoms with van der Waals surface area (Å²) in [5.41, 5.74) is -0.911. The normalized spacial score (nSPS) is 12.7. The highest BCUT2D eigenvalue weighted by Gasteiger charge is 2.30. The van der Waals surface area contributed by atoms with Crippen molar-refractivity contribution in [2.24, 2.45) is 0 Å². The number of sulfonamides is 1. The van der Waals surface area contributed by atoms with Gasteiger partial charge in [-0.1, -0.05) is 13.0 Å². The first-order chi connectivity index (χ1) is 17.6. The summed E-state index contributed by atoms with van der Waals surface area (Å²) in [6.45, 7) is 10.1. The summed E-state index contributed by atoms with van der Waals surface area (Å²) < 4.78 is 50.2. The van der Waals surface area contributed by atoms with Gasteiger partial charge in [0.15, 0.2) is 5.69 Å². The van der Waals surface area contributed by atoms with E-state index in [4.69, 9.17) is 4.74 Å². The van der Waals surface area contributed by atoms with Crippen LogP contribution >= 0.6 is 0 Å². The number of carbonyl (C=O) groups is 1. The number of halogens is 1. The molecule has 0 aliphatic heterocycles. The molecule has 0 saturated carbocycles. The van der Waals surface area contributed by atoms with Crippen LogP contribution in [0.1, 0.15) is 57.1 Å². The molecule has 2 N–H and O–H groups in total. The highest BCUT2D eigenvalue weighted by Crippen LogP contribution is 2.36. The Kier molecular flexibility index (Phi) is 8.22. The van der Waals surface area contributed by atoms with Crippen molar-refractivity contribution in [3.05, 3.63) is 69.7 Å². The van der Waals surface area contributed by atoms with Gasteiger partial charge in [0.05, 0.1) is 10.6 Å². The number of benzene rings is 2. The molecule has 0 bridgehead atoms. The fourth-order valence-electron chi connectivity index (χ4n) is 3.46. The molecule has 204 valence electrons. The maximum Gasteiger partial charge on any atom is 0.272 e. The largest absolute Gasteiger partial charge is 0.437 e. The Bertz CT molecular complexity index is 1480. The van der Waals surface area contributed by atoms with Gasteiger partial charge in [-0.3, -0.25) is 14.9 Å². The third kappa shape index (κ3) is 6.53. The summed E-state index contributed by atoms with van der Waals surface area (Å²) >= 11 is 0. The molecule has 3 aromatic rings. The topological polar surface area (TPSA) is 145 Å². The molecule has 0 fully saturated rings. The fourth-order valence-corrected chi connectivity index (χ4v) is 5.03. The molecule has 38 heavy (non-hydrogen) atoms. The van der Waals surface area contributed by atoms with Crippen molar-refractivity contribution in [2.45, 2.75) is 64.4 Å². The van der Waals surface area contributed by atoms with Gasteiger partial charge < -0.3 is 10.1 Å². The predicted molar refractivity (Wildman–Crippen MR) is 139 cm³/mol. The van der Waals surface area contributed by atoms with Crippen LogP contribution in [0, 0.1) is 22.9 Å². The van der Waals surface area contributed by atoms with Gasteiger partial charge in [0.25, 0.3) is 11.6 Å². The van der Waals surface area contributed by atoms with E-state index in [1.165, 1.54) is 28.9 Å². The summed E-state index contributed by atoms with van der Waals surface area (Å²) in [4.78, 5) is 23.2. The average Bonchev–Trinajstić information content (AvgIpc) is 3.13. The minimum atomic E-state index is -4.30. The zero-order valence-corrected chi connectivity index (χ0v) is 22.7. The second-order valence-electron chi connectivity index (χ2n) is 9.80. The standard InChI is InChI=1S/C25H30FN5O6S/c1-7-15(2)27-23(32)22-16(3)24(30(28-22)18-10-8-9-17(26)13-18)37-20-12-11-19(31(33)34)14-21(20)38(35,36)29-25(4,5)6/h8-15,29H,7H2,1-6H3,(H,27,32)/t15-/m1/s1. The summed E-state index contributed by atoms with van der Waals surface area (Å²) in [6.07, 6.45) is 0.670. The molecule has 1 amide bonds.